The molecule has 0 unspecified atom stereocenters. The summed E-state index contributed by atoms with van der Waals surface area (Å²) in [6.45, 7) is 2.77. The van der Waals surface area contributed by atoms with Crippen molar-refractivity contribution in [2.45, 2.75) is 25.9 Å². The van der Waals surface area contributed by atoms with Crippen molar-refractivity contribution in [2.75, 3.05) is 13.1 Å². The molecule has 1 fully saturated rings. The molecule has 4 nitrogen and oxygen atoms in total. The Labute approximate surface area is 112 Å². The van der Waals surface area contributed by atoms with Crippen molar-refractivity contribution in [3.05, 3.63) is 36.0 Å². The number of carbonyl (C=O) groups excluding carboxylic acids is 1. The van der Waals surface area contributed by atoms with Crippen molar-refractivity contribution < 1.29 is 4.79 Å². The van der Waals surface area contributed by atoms with Gasteiger partial charge in [0.15, 0.2) is 0 Å². The summed E-state index contributed by atoms with van der Waals surface area (Å²) in [5.41, 5.74) is 7.96. The third-order valence-electron chi connectivity index (χ3n) is 3.89. The van der Waals surface area contributed by atoms with E-state index in [0.29, 0.717) is 13.1 Å². The molecule has 0 radical (unpaired) electrons. The smallest absolute Gasteiger partial charge is 0.242 e. The van der Waals surface area contributed by atoms with Crippen molar-refractivity contribution in [3.63, 3.8) is 0 Å². The van der Waals surface area contributed by atoms with Gasteiger partial charge in [0, 0.05) is 36.7 Å². The second kappa shape index (κ2) is 5.05. The van der Waals surface area contributed by atoms with Crippen LogP contribution >= 0.6 is 0 Å². The van der Waals surface area contributed by atoms with Crippen molar-refractivity contribution in [3.8, 4) is 0 Å². The van der Waals surface area contributed by atoms with E-state index in [1.54, 1.807) is 0 Å². The average Bonchev–Trinajstić information content (AvgIpc) is 3.08. The molecule has 100 valence electrons. The quantitative estimate of drug-likeness (QED) is 0.910. The highest BCUT2D eigenvalue weighted by atomic mass is 16.2. The molecule has 1 aliphatic heterocycles. The van der Waals surface area contributed by atoms with E-state index in [2.05, 4.69) is 6.07 Å². The van der Waals surface area contributed by atoms with E-state index in [1.807, 2.05) is 33.9 Å². The number of aromatic nitrogens is 1. The molecule has 3 rings (SSSR count). The summed E-state index contributed by atoms with van der Waals surface area (Å²) in [6.07, 6.45) is 4.25. The lowest BCUT2D eigenvalue weighted by Gasteiger charge is -2.16. The minimum Gasteiger partial charge on any atom is -0.341 e. The molecule has 1 saturated heterocycles. The van der Waals surface area contributed by atoms with Gasteiger partial charge in [0.1, 0.15) is 6.54 Å². The zero-order chi connectivity index (χ0) is 13.2. The number of amides is 1. The van der Waals surface area contributed by atoms with Gasteiger partial charge in [0.25, 0.3) is 0 Å². The van der Waals surface area contributed by atoms with Crippen LogP contribution in [0.3, 0.4) is 0 Å². The van der Waals surface area contributed by atoms with Crippen LogP contribution in [0, 0.1) is 0 Å². The number of hydrogen-bond acceptors (Lipinski definition) is 2. The molecule has 4 heteroatoms. The molecule has 0 bridgehead atoms. The monoisotopic (exact) mass is 257 g/mol. The van der Waals surface area contributed by atoms with Crippen LogP contribution in [0.2, 0.25) is 0 Å². The van der Waals surface area contributed by atoms with Gasteiger partial charge in [0.05, 0.1) is 0 Å². The van der Waals surface area contributed by atoms with Crippen LogP contribution in [0.5, 0.6) is 0 Å². The lowest BCUT2D eigenvalue weighted by Crippen LogP contribution is -2.30. The highest BCUT2D eigenvalue weighted by molar-refractivity contribution is 5.86. The number of likely N-dealkylation sites (tertiary alicyclic amines) is 1. The molecule has 0 spiro atoms. The first-order valence-corrected chi connectivity index (χ1v) is 6.84. The maximum absolute atomic E-state index is 12.2. The Bertz CT molecular complexity index is 596. The second-order valence-electron chi connectivity index (χ2n) is 5.09. The highest BCUT2D eigenvalue weighted by Gasteiger charge is 2.18. The highest BCUT2D eigenvalue weighted by Crippen LogP contribution is 2.20. The molecule has 2 heterocycles. The summed E-state index contributed by atoms with van der Waals surface area (Å²) in [6, 6.07) is 8.14. The number of nitrogens with zero attached hydrogens (tertiary/aromatic N) is 2. The van der Waals surface area contributed by atoms with E-state index in [1.165, 1.54) is 0 Å². The van der Waals surface area contributed by atoms with Gasteiger partial charge in [-0.2, -0.15) is 0 Å². The predicted molar refractivity (Wildman–Crippen MR) is 75.6 cm³/mol. The Balaban J connectivity index is 1.87. The Hall–Kier alpha value is -1.81. The van der Waals surface area contributed by atoms with Gasteiger partial charge < -0.3 is 15.2 Å². The van der Waals surface area contributed by atoms with Gasteiger partial charge in [0.2, 0.25) is 5.91 Å². The third-order valence-corrected chi connectivity index (χ3v) is 3.89. The molecule has 0 aliphatic carbocycles. The molecule has 1 amide bonds. The molecule has 19 heavy (non-hydrogen) atoms. The van der Waals surface area contributed by atoms with E-state index in [-0.39, 0.29) is 5.91 Å². The number of rotatable bonds is 3. The average molecular weight is 257 g/mol. The fourth-order valence-electron chi connectivity index (χ4n) is 2.82. The molecule has 0 atom stereocenters. The summed E-state index contributed by atoms with van der Waals surface area (Å²) in [5, 5.41) is 1.15. The minimum absolute atomic E-state index is 0.216. The van der Waals surface area contributed by atoms with Gasteiger partial charge in [-0.3, -0.25) is 4.79 Å². The molecule has 1 aromatic heterocycles. The zero-order valence-corrected chi connectivity index (χ0v) is 11.0. The van der Waals surface area contributed by atoms with Gasteiger partial charge in [-0.05, 0) is 30.5 Å². The predicted octanol–water partition coefficient (Wildman–Crippen LogP) is 1.72. The number of hydrogen-bond donors (Lipinski definition) is 1. The van der Waals surface area contributed by atoms with Gasteiger partial charge >= 0.3 is 0 Å². The van der Waals surface area contributed by atoms with E-state index in [4.69, 9.17) is 5.73 Å². The molecular formula is C15H19N3O. The van der Waals surface area contributed by atoms with Crippen LogP contribution in [0.25, 0.3) is 10.9 Å². The number of benzene rings is 1. The minimum atomic E-state index is 0.216. The molecule has 2 aromatic rings. The van der Waals surface area contributed by atoms with Crippen LogP contribution < -0.4 is 5.73 Å². The summed E-state index contributed by atoms with van der Waals surface area (Å²) < 4.78 is 2.02. The zero-order valence-electron chi connectivity index (χ0n) is 11.0. The van der Waals surface area contributed by atoms with Crippen LogP contribution in [0.15, 0.2) is 30.5 Å². The number of nitrogens with two attached hydrogens (primary N) is 1. The molecule has 1 aliphatic rings. The summed E-state index contributed by atoms with van der Waals surface area (Å²) in [7, 11) is 0. The Morgan fingerprint density at radius 2 is 2.00 bits per heavy atom. The number of fused-ring (bicyclic) bond motifs is 1. The van der Waals surface area contributed by atoms with Crippen molar-refractivity contribution in [2.24, 2.45) is 5.73 Å². The van der Waals surface area contributed by atoms with E-state index in [0.717, 1.165) is 42.4 Å². The molecule has 0 saturated carbocycles. The second-order valence-corrected chi connectivity index (χ2v) is 5.09. The maximum Gasteiger partial charge on any atom is 0.242 e. The summed E-state index contributed by atoms with van der Waals surface area (Å²) in [4.78, 5) is 14.1. The fourth-order valence-corrected chi connectivity index (χ4v) is 2.82. The van der Waals surface area contributed by atoms with Crippen molar-refractivity contribution in [1.29, 1.82) is 0 Å². The first-order chi connectivity index (χ1) is 9.29. The Kier molecular flexibility index (Phi) is 3.25. The number of carbonyl (C=O) groups is 1. The Morgan fingerprint density at radius 3 is 2.74 bits per heavy atom. The topological polar surface area (TPSA) is 51.3 Å². The molecular weight excluding hydrogens is 238 g/mol. The van der Waals surface area contributed by atoms with Gasteiger partial charge in [-0.1, -0.05) is 12.1 Å². The van der Waals surface area contributed by atoms with Crippen molar-refractivity contribution >= 4 is 16.8 Å². The molecule has 2 N–H and O–H groups in total. The summed E-state index contributed by atoms with van der Waals surface area (Å²) >= 11 is 0. The van der Waals surface area contributed by atoms with Gasteiger partial charge in [-0.25, -0.2) is 0 Å². The fraction of sp³-hybridized carbons (Fsp3) is 0.400. The van der Waals surface area contributed by atoms with Crippen LogP contribution in [-0.4, -0.2) is 28.5 Å². The third kappa shape index (κ3) is 2.24. The first-order valence-electron chi connectivity index (χ1n) is 6.84. The maximum atomic E-state index is 12.2. The lowest BCUT2D eigenvalue weighted by atomic mass is 10.1. The van der Waals surface area contributed by atoms with Gasteiger partial charge in [-0.15, -0.1) is 0 Å². The van der Waals surface area contributed by atoms with E-state index >= 15 is 0 Å². The molecule has 1 aromatic carbocycles. The van der Waals surface area contributed by atoms with Crippen molar-refractivity contribution in [1.82, 2.24) is 9.47 Å². The van der Waals surface area contributed by atoms with E-state index < -0.39 is 0 Å². The first kappa shape index (κ1) is 12.2. The van der Waals surface area contributed by atoms with Crippen LogP contribution in [0.4, 0.5) is 0 Å². The van der Waals surface area contributed by atoms with Crippen LogP contribution in [-0.2, 0) is 17.9 Å². The SMILES string of the molecule is NCc1cccc2c1ccn2CC(=O)N1CCCC1. The largest absolute Gasteiger partial charge is 0.341 e. The normalized spacial score (nSPS) is 15.3. The lowest BCUT2D eigenvalue weighted by molar-refractivity contribution is -0.130. The summed E-state index contributed by atoms with van der Waals surface area (Å²) in [5.74, 6) is 0.216. The Morgan fingerprint density at radius 1 is 1.21 bits per heavy atom. The van der Waals surface area contributed by atoms with E-state index in [9.17, 15) is 4.79 Å². The van der Waals surface area contributed by atoms with Crippen LogP contribution in [0.1, 0.15) is 18.4 Å². The standard InChI is InChI=1S/C15H19N3O/c16-10-12-4-3-5-14-13(12)6-9-18(14)11-15(19)17-7-1-2-8-17/h3-6,9H,1-2,7-8,10-11,16H2.